The van der Waals surface area contributed by atoms with Gasteiger partial charge in [-0.05, 0) is 43.2 Å². The minimum atomic E-state index is -3.56. The second-order valence-electron chi connectivity index (χ2n) is 8.10. The van der Waals surface area contributed by atoms with Gasteiger partial charge in [0.25, 0.3) is 5.91 Å². The van der Waals surface area contributed by atoms with Gasteiger partial charge in [-0.25, -0.2) is 18.4 Å². The lowest BCUT2D eigenvalue weighted by atomic mass is 10.2. The number of benzene rings is 1. The zero-order chi connectivity index (χ0) is 22.1. The number of sulfonamides is 1. The SMILES string of the molecule is O=C(c1cccc(S(=O)(=O)N2CCCCC2)c1)N1CCN(c2nc3cccnc3s2)CC1. The van der Waals surface area contributed by atoms with Gasteiger partial charge in [-0.15, -0.1) is 0 Å². The molecule has 0 bridgehead atoms. The number of amides is 1. The van der Waals surface area contributed by atoms with Gasteiger partial charge < -0.3 is 9.80 Å². The van der Waals surface area contributed by atoms with Gasteiger partial charge in [0.05, 0.1) is 4.90 Å². The summed E-state index contributed by atoms with van der Waals surface area (Å²) in [5.41, 5.74) is 1.30. The number of rotatable bonds is 4. The third-order valence-electron chi connectivity index (χ3n) is 6.03. The molecule has 0 spiro atoms. The van der Waals surface area contributed by atoms with Crippen molar-refractivity contribution in [2.45, 2.75) is 24.2 Å². The molecule has 0 N–H and O–H groups in total. The van der Waals surface area contributed by atoms with Gasteiger partial charge in [-0.2, -0.15) is 4.31 Å². The van der Waals surface area contributed by atoms with Gasteiger partial charge in [-0.3, -0.25) is 4.79 Å². The fourth-order valence-corrected chi connectivity index (χ4v) is 6.74. The molecule has 10 heteroatoms. The van der Waals surface area contributed by atoms with Crippen LogP contribution in [0.15, 0.2) is 47.5 Å². The van der Waals surface area contributed by atoms with E-state index in [1.807, 2.05) is 12.1 Å². The Bertz CT molecular complexity index is 1200. The Morgan fingerprint density at radius 2 is 1.72 bits per heavy atom. The van der Waals surface area contributed by atoms with E-state index in [0.29, 0.717) is 44.8 Å². The summed E-state index contributed by atoms with van der Waals surface area (Å²) in [6.07, 6.45) is 4.59. The lowest BCUT2D eigenvalue weighted by Crippen LogP contribution is -2.48. The van der Waals surface area contributed by atoms with Gasteiger partial charge in [-0.1, -0.05) is 23.8 Å². The Balaban J connectivity index is 1.27. The summed E-state index contributed by atoms with van der Waals surface area (Å²) in [5.74, 6) is -0.133. The van der Waals surface area contributed by atoms with Crippen LogP contribution in [0, 0.1) is 0 Å². The fraction of sp³-hybridized carbons (Fsp3) is 0.409. The first-order valence-corrected chi connectivity index (χ1v) is 13.1. The van der Waals surface area contributed by atoms with Gasteiger partial charge in [0.15, 0.2) is 5.13 Å². The maximum atomic E-state index is 13.1. The molecule has 4 heterocycles. The highest BCUT2D eigenvalue weighted by Crippen LogP contribution is 2.28. The Kier molecular flexibility index (Phi) is 5.83. The van der Waals surface area contributed by atoms with Crippen molar-refractivity contribution >= 4 is 42.7 Å². The van der Waals surface area contributed by atoms with Crippen molar-refractivity contribution in [3.05, 3.63) is 48.2 Å². The van der Waals surface area contributed by atoms with Crippen LogP contribution in [0.1, 0.15) is 29.6 Å². The van der Waals surface area contributed by atoms with E-state index in [2.05, 4.69) is 14.9 Å². The highest BCUT2D eigenvalue weighted by atomic mass is 32.2. The number of carbonyl (C=O) groups excluding carboxylic acids is 1. The molecule has 0 saturated carbocycles. The van der Waals surface area contributed by atoms with E-state index in [4.69, 9.17) is 0 Å². The topological polar surface area (TPSA) is 86.7 Å². The number of piperazine rings is 1. The Hall–Kier alpha value is -2.56. The molecule has 2 saturated heterocycles. The van der Waals surface area contributed by atoms with Crippen LogP contribution in [0.4, 0.5) is 5.13 Å². The summed E-state index contributed by atoms with van der Waals surface area (Å²) >= 11 is 1.56. The number of carbonyl (C=O) groups is 1. The van der Waals surface area contributed by atoms with Crippen LogP contribution in [0.5, 0.6) is 0 Å². The number of thiazole rings is 1. The van der Waals surface area contributed by atoms with Crippen molar-refractivity contribution in [3.8, 4) is 0 Å². The zero-order valence-corrected chi connectivity index (χ0v) is 19.3. The van der Waals surface area contributed by atoms with Crippen molar-refractivity contribution in [3.63, 3.8) is 0 Å². The first-order valence-electron chi connectivity index (χ1n) is 10.9. The van der Waals surface area contributed by atoms with Gasteiger partial charge in [0, 0.05) is 51.0 Å². The summed E-state index contributed by atoms with van der Waals surface area (Å²) in [6.45, 7) is 3.57. The summed E-state index contributed by atoms with van der Waals surface area (Å²) in [5, 5.41) is 0.917. The predicted molar refractivity (Wildman–Crippen MR) is 125 cm³/mol. The van der Waals surface area contributed by atoms with Crippen molar-refractivity contribution in [1.82, 2.24) is 19.2 Å². The number of piperidine rings is 1. The smallest absolute Gasteiger partial charge is 0.254 e. The summed E-state index contributed by atoms with van der Waals surface area (Å²) in [7, 11) is -3.56. The number of anilines is 1. The minimum Gasteiger partial charge on any atom is -0.344 e. The van der Waals surface area contributed by atoms with Crippen LogP contribution in [0.2, 0.25) is 0 Å². The van der Waals surface area contributed by atoms with Crippen LogP contribution >= 0.6 is 11.3 Å². The van der Waals surface area contributed by atoms with E-state index in [1.54, 1.807) is 40.6 Å². The van der Waals surface area contributed by atoms with E-state index < -0.39 is 10.0 Å². The highest BCUT2D eigenvalue weighted by molar-refractivity contribution is 7.89. The first kappa shape index (κ1) is 21.3. The summed E-state index contributed by atoms with van der Waals surface area (Å²) < 4.78 is 27.5. The third-order valence-corrected chi connectivity index (χ3v) is 8.96. The number of hydrogen-bond acceptors (Lipinski definition) is 7. The summed E-state index contributed by atoms with van der Waals surface area (Å²) in [6, 6.07) is 10.3. The highest BCUT2D eigenvalue weighted by Gasteiger charge is 2.28. The summed E-state index contributed by atoms with van der Waals surface area (Å²) in [4.78, 5) is 27.2. The fourth-order valence-electron chi connectivity index (χ4n) is 4.22. The van der Waals surface area contributed by atoms with E-state index in [-0.39, 0.29) is 10.8 Å². The number of pyridine rings is 1. The molecule has 2 aromatic heterocycles. The Morgan fingerprint density at radius 1 is 0.938 bits per heavy atom. The second-order valence-corrected chi connectivity index (χ2v) is 11.0. The van der Waals surface area contributed by atoms with Crippen molar-refractivity contribution in [2.75, 3.05) is 44.2 Å². The minimum absolute atomic E-state index is 0.133. The van der Waals surface area contributed by atoms with Crippen LogP contribution < -0.4 is 4.90 Å². The Morgan fingerprint density at radius 3 is 2.47 bits per heavy atom. The molecule has 8 nitrogen and oxygen atoms in total. The molecule has 0 radical (unpaired) electrons. The monoisotopic (exact) mass is 471 g/mol. The van der Waals surface area contributed by atoms with Gasteiger partial charge >= 0.3 is 0 Å². The van der Waals surface area contributed by atoms with Crippen molar-refractivity contribution in [1.29, 1.82) is 0 Å². The van der Waals surface area contributed by atoms with Gasteiger partial charge in [0.1, 0.15) is 10.3 Å². The number of hydrogen-bond donors (Lipinski definition) is 0. The molecule has 2 aliphatic heterocycles. The number of aromatic nitrogens is 2. The van der Waals surface area contributed by atoms with Crippen LogP contribution in [-0.2, 0) is 10.0 Å². The van der Waals surface area contributed by atoms with E-state index in [9.17, 15) is 13.2 Å². The molecule has 1 amide bonds. The maximum absolute atomic E-state index is 13.1. The van der Waals surface area contributed by atoms with E-state index in [0.717, 1.165) is 34.7 Å². The molecule has 3 aromatic rings. The molecule has 5 rings (SSSR count). The van der Waals surface area contributed by atoms with E-state index >= 15 is 0 Å². The molecule has 32 heavy (non-hydrogen) atoms. The molecule has 0 unspecified atom stereocenters. The van der Waals surface area contributed by atoms with Crippen LogP contribution in [-0.4, -0.2) is 72.8 Å². The molecule has 168 valence electrons. The average Bonchev–Trinajstić information content (AvgIpc) is 3.29. The number of nitrogens with zero attached hydrogens (tertiary/aromatic N) is 5. The van der Waals surface area contributed by atoms with Crippen LogP contribution in [0.25, 0.3) is 10.3 Å². The third kappa shape index (κ3) is 4.10. The molecule has 1 aromatic carbocycles. The molecule has 0 atom stereocenters. The molecule has 2 fully saturated rings. The first-order chi connectivity index (χ1) is 15.5. The average molecular weight is 472 g/mol. The molecular formula is C22H25N5O3S2. The maximum Gasteiger partial charge on any atom is 0.254 e. The van der Waals surface area contributed by atoms with Crippen molar-refractivity contribution in [2.24, 2.45) is 0 Å². The Labute approximate surface area is 191 Å². The quantitative estimate of drug-likeness (QED) is 0.582. The second kappa shape index (κ2) is 8.76. The standard InChI is InChI=1S/C22H25N5O3S2/c28-21(17-6-4-7-18(16-17)32(29,30)27-10-2-1-3-11-27)25-12-14-26(15-13-25)22-24-19-8-5-9-23-20(19)31-22/h4-9,16H,1-3,10-15H2. The molecule has 0 aliphatic carbocycles. The molecule has 2 aliphatic rings. The van der Waals surface area contributed by atoms with Crippen LogP contribution in [0.3, 0.4) is 0 Å². The predicted octanol–water partition coefficient (Wildman–Crippen LogP) is 2.83. The lowest BCUT2D eigenvalue weighted by molar-refractivity contribution is 0.0746. The zero-order valence-electron chi connectivity index (χ0n) is 17.7. The molecular weight excluding hydrogens is 446 g/mol. The van der Waals surface area contributed by atoms with Crippen molar-refractivity contribution < 1.29 is 13.2 Å². The van der Waals surface area contributed by atoms with E-state index in [1.165, 1.54) is 10.4 Å². The largest absolute Gasteiger partial charge is 0.344 e. The van der Waals surface area contributed by atoms with Gasteiger partial charge in [0.2, 0.25) is 10.0 Å². The number of fused-ring (bicyclic) bond motifs is 1. The lowest BCUT2D eigenvalue weighted by Gasteiger charge is -2.34. The normalized spacial score (nSPS) is 18.2.